The molecule has 0 aliphatic carbocycles. The molecule has 3 heterocycles. The highest BCUT2D eigenvalue weighted by Gasteiger charge is 2.53. The Hall–Kier alpha value is -4.79. The van der Waals surface area contributed by atoms with Crippen LogP contribution in [0.25, 0.3) is 10.8 Å². The Labute approximate surface area is 255 Å². The second kappa shape index (κ2) is 10.7. The van der Waals surface area contributed by atoms with Crippen LogP contribution in [0.5, 0.6) is 0 Å². The molecule has 222 valence electrons. The van der Waals surface area contributed by atoms with Crippen LogP contribution in [0.3, 0.4) is 0 Å². The first-order valence-corrected chi connectivity index (χ1v) is 15.0. The lowest BCUT2D eigenvalue weighted by Crippen LogP contribution is -2.43. The van der Waals surface area contributed by atoms with E-state index in [0.29, 0.717) is 34.7 Å². The van der Waals surface area contributed by atoms with Gasteiger partial charge in [-0.25, -0.2) is 0 Å². The Kier molecular flexibility index (Phi) is 6.83. The maximum absolute atomic E-state index is 14.2. The van der Waals surface area contributed by atoms with Gasteiger partial charge in [-0.3, -0.25) is 24.2 Å². The third-order valence-corrected chi connectivity index (χ3v) is 9.27. The summed E-state index contributed by atoms with van der Waals surface area (Å²) < 4.78 is 0. The first-order chi connectivity index (χ1) is 21.3. The molecule has 3 atom stereocenters. The fraction of sp³-hybridized carbons (Fsp3) is 0.250. The Bertz CT molecular complexity index is 1830. The minimum atomic E-state index is -1.95. The zero-order chi connectivity index (χ0) is 30.6. The van der Waals surface area contributed by atoms with Crippen LogP contribution < -0.4 is 9.80 Å². The molecule has 0 spiro atoms. The number of nitrogens with zero attached hydrogens (tertiary/aromatic N) is 3. The third kappa shape index (κ3) is 4.17. The number of hydrogen-bond donors (Lipinski definition) is 2. The van der Waals surface area contributed by atoms with Crippen LogP contribution in [0.1, 0.15) is 42.1 Å². The highest BCUT2D eigenvalue weighted by atomic mass is 16.3. The molecule has 4 aromatic rings. The van der Waals surface area contributed by atoms with Crippen molar-refractivity contribution in [2.24, 2.45) is 5.92 Å². The first kappa shape index (κ1) is 28.0. The lowest BCUT2D eigenvalue weighted by molar-refractivity contribution is -0.138. The van der Waals surface area contributed by atoms with E-state index >= 15 is 0 Å². The predicted octanol–water partition coefficient (Wildman–Crippen LogP) is 5.56. The summed E-state index contributed by atoms with van der Waals surface area (Å²) in [6, 6.07) is 25.8. The lowest BCUT2D eigenvalue weighted by Gasteiger charge is -2.28. The lowest BCUT2D eigenvalue weighted by atomic mass is 9.82. The molecule has 2 N–H and O–H groups in total. The number of likely N-dealkylation sites (tertiary alicyclic amines) is 1. The van der Waals surface area contributed by atoms with Gasteiger partial charge in [-0.1, -0.05) is 61.5 Å². The zero-order valence-corrected chi connectivity index (χ0v) is 24.4. The van der Waals surface area contributed by atoms with Crippen LogP contribution >= 0.6 is 0 Å². The molecule has 0 radical (unpaired) electrons. The van der Waals surface area contributed by atoms with Gasteiger partial charge in [0.1, 0.15) is 0 Å². The number of aliphatic hydroxyl groups excluding tert-OH is 1. The van der Waals surface area contributed by atoms with E-state index in [4.69, 9.17) is 0 Å². The Morgan fingerprint density at radius 1 is 0.955 bits per heavy atom. The van der Waals surface area contributed by atoms with E-state index in [9.17, 15) is 24.6 Å². The molecule has 8 nitrogen and oxygen atoms in total. The van der Waals surface area contributed by atoms with Gasteiger partial charge in [-0.2, -0.15) is 0 Å². The van der Waals surface area contributed by atoms with Crippen molar-refractivity contribution in [1.82, 2.24) is 4.90 Å². The summed E-state index contributed by atoms with van der Waals surface area (Å²) in [5, 5.41) is 23.8. The minimum Gasteiger partial charge on any atom is -0.394 e. The topological polar surface area (TPSA) is 101 Å². The molecule has 1 saturated heterocycles. The van der Waals surface area contributed by atoms with Gasteiger partial charge in [0.05, 0.1) is 29.6 Å². The number of hydrogen-bond acceptors (Lipinski definition) is 5. The van der Waals surface area contributed by atoms with Gasteiger partial charge in [0.15, 0.2) is 5.60 Å². The number of amides is 3. The number of rotatable bonds is 7. The van der Waals surface area contributed by atoms with Gasteiger partial charge in [0, 0.05) is 41.2 Å². The van der Waals surface area contributed by atoms with E-state index in [1.54, 1.807) is 41.0 Å². The quantitative estimate of drug-likeness (QED) is 0.276. The molecule has 0 unspecified atom stereocenters. The maximum atomic E-state index is 14.2. The second-order valence-corrected chi connectivity index (χ2v) is 11.8. The van der Waals surface area contributed by atoms with Crippen LogP contribution in [0.2, 0.25) is 0 Å². The summed E-state index contributed by atoms with van der Waals surface area (Å²) in [4.78, 5) is 45.6. The van der Waals surface area contributed by atoms with Crippen molar-refractivity contribution in [3.63, 3.8) is 0 Å². The number of benzene rings is 4. The molecule has 7 rings (SSSR count). The summed E-state index contributed by atoms with van der Waals surface area (Å²) in [6.07, 6.45) is 5.15. The number of para-hydroxylation sites is 1. The zero-order valence-electron chi connectivity index (χ0n) is 24.4. The molecular formula is C36H33N3O5. The standard InChI is InChI=1S/C36H33N3O5/c1-23(9-5-17-32(41)37-20-8-14-27(37)22-40)36(44)29-21-26(18-19-30(29)39(35(36)43)25-12-3-2-4-13-25)38-31-16-7-11-24-10-6-15-28(33(24)31)34(38)42/h2-7,9-13,15-16,18-19,21,23,27,40,44H,8,14,17,20,22H2,1H3/b9-5+/t23-,27+,36+/m1/s1. The number of carbonyl (C=O) groups excluding carboxylic acids is 3. The summed E-state index contributed by atoms with van der Waals surface area (Å²) in [6.45, 7) is 2.31. The van der Waals surface area contributed by atoms with Gasteiger partial charge in [-0.05, 0) is 60.7 Å². The van der Waals surface area contributed by atoms with E-state index in [-0.39, 0.29) is 30.9 Å². The van der Waals surface area contributed by atoms with Gasteiger partial charge in [-0.15, -0.1) is 0 Å². The highest BCUT2D eigenvalue weighted by Crippen LogP contribution is 2.51. The summed E-state index contributed by atoms with van der Waals surface area (Å²) in [5.74, 6) is -1.46. The van der Waals surface area contributed by atoms with Crippen LogP contribution in [0, 0.1) is 5.92 Å². The van der Waals surface area contributed by atoms with Gasteiger partial charge in [0.2, 0.25) is 5.91 Å². The van der Waals surface area contributed by atoms with Crippen LogP contribution in [0.15, 0.2) is 97.1 Å². The van der Waals surface area contributed by atoms with Crippen LogP contribution in [-0.4, -0.2) is 52.0 Å². The Morgan fingerprint density at radius 3 is 2.50 bits per heavy atom. The van der Waals surface area contributed by atoms with Gasteiger partial charge in [0.25, 0.3) is 11.8 Å². The van der Waals surface area contributed by atoms with Crippen molar-refractivity contribution in [3.05, 3.63) is 108 Å². The Morgan fingerprint density at radius 2 is 1.73 bits per heavy atom. The van der Waals surface area contributed by atoms with E-state index in [2.05, 4.69) is 0 Å². The van der Waals surface area contributed by atoms with E-state index in [1.807, 2.05) is 72.8 Å². The maximum Gasteiger partial charge on any atom is 0.268 e. The normalized spacial score (nSPS) is 21.6. The molecular weight excluding hydrogens is 554 g/mol. The van der Waals surface area contributed by atoms with E-state index < -0.39 is 17.4 Å². The largest absolute Gasteiger partial charge is 0.394 e. The van der Waals surface area contributed by atoms with Crippen LogP contribution in [-0.2, 0) is 15.2 Å². The molecule has 44 heavy (non-hydrogen) atoms. The number of fused-ring (bicyclic) bond motifs is 1. The van der Waals surface area contributed by atoms with Crippen molar-refractivity contribution in [1.29, 1.82) is 0 Å². The number of anilines is 4. The second-order valence-electron chi connectivity index (χ2n) is 11.8. The molecule has 0 saturated carbocycles. The summed E-state index contributed by atoms with van der Waals surface area (Å²) in [7, 11) is 0. The molecule has 8 heteroatoms. The molecule has 1 fully saturated rings. The molecule has 4 aromatic carbocycles. The molecule has 0 aromatic heterocycles. The highest BCUT2D eigenvalue weighted by molar-refractivity contribution is 6.28. The molecule has 3 aliphatic heterocycles. The number of carbonyl (C=O) groups is 3. The fourth-order valence-electron chi connectivity index (χ4n) is 6.99. The minimum absolute atomic E-state index is 0.0619. The average molecular weight is 588 g/mol. The van der Waals surface area contributed by atoms with Crippen LogP contribution in [0.4, 0.5) is 22.7 Å². The average Bonchev–Trinajstić information content (AvgIpc) is 3.71. The fourth-order valence-corrected chi connectivity index (χ4v) is 6.99. The summed E-state index contributed by atoms with van der Waals surface area (Å²) >= 11 is 0. The monoisotopic (exact) mass is 587 g/mol. The molecule has 0 bridgehead atoms. The number of aliphatic hydroxyl groups is 2. The summed E-state index contributed by atoms with van der Waals surface area (Å²) in [5.41, 5.74) is 1.51. The molecule has 3 aliphatic rings. The van der Waals surface area contributed by atoms with Gasteiger partial charge >= 0.3 is 0 Å². The third-order valence-electron chi connectivity index (χ3n) is 9.27. The predicted molar refractivity (Wildman–Crippen MR) is 169 cm³/mol. The van der Waals surface area contributed by atoms with Crippen molar-refractivity contribution in [2.75, 3.05) is 23.0 Å². The smallest absolute Gasteiger partial charge is 0.268 e. The van der Waals surface area contributed by atoms with Crippen molar-refractivity contribution in [2.45, 2.75) is 37.8 Å². The van der Waals surface area contributed by atoms with Crippen molar-refractivity contribution in [3.8, 4) is 0 Å². The van der Waals surface area contributed by atoms with E-state index in [1.165, 1.54) is 4.90 Å². The van der Waals surface area contributed by atoms with E-state index in [0.717, 1.165) is 29.3 Å². The van der Waals surface area contributed by atoms with Crippen molar-refractivity contribution < 1.29 is 24.6 Å². The Balaban J connectivity index is 1.27. The van der Waals surface area contributed by atoms with Crippen molar-refractivity contribution >= 4 is 51.2 Å². The first-order valence-electron chi connectivity index (χ1n) is 15.0. The van der Waals surface area contributed by atoms with Gasteiger partial charge < -0.3 is 15.1 Å². The SMILES string of the molecule is C[C@H](/C=C/CC(=O)N1CCC[C@H]1CO)[C@@]1(O)C(=O)N(c2ccccc2)c2ccc(N3C(=O)c4cccc5cccc3c45)cc21. The molecule has 3 amide bonds.